The van der Waals surface area contributed by atoms with Crippen LogP contribution in [0.2, 0.25) is 0 Å². The highest BCUT2D eigenvalue weighted by Gasteiger charge is 2.15. The van der Waals surface area contributed by atoms with Gasteiger partial charge in [-0.1, -0.05) is 19.9 Å². The molecule has 0 unspecified atom stereocenters. The van der Waals surface area contributed by atoms with Gasteiger partial charge >= 0.3 is 0 Å². The quantitative estimate of drug-likeness (QED) is 0.866. The standard InChI is InChI=1S/C13H20N2O3S/c1-9(2)7-8-13(16)15-11-5-4-6-12(10(11)3)19(14,17)18/h4-6,9H,7-8H2,1-3H3,(H,15,16)(H2,14,17,18). The maximum atomic E-state index is 11.7. The summed E-state index contributed by atoms with van der Waals surface area (Å²) in [6, 6.07) is 4.65. The van der Waals surface area contributed by atoms with E-state index in [4.69, 9.17) is 5.14 Å². The van der Waals surface area contributed by atoms with E-state index in [0.717, 1.165) is 6.42 Å². The summed E-state index contributed by atoms with van der Waals surface area (Å²) in [6.07, 6.45) is 1.20. The highest BCUT2D eigenvalue weighted by molar-refractivity contribution is 7.89. The SMILES string of the molecule is Cc1c(NC(=O)CCC(C)C)cccc1S(N)(=O)=O. The van der Waals surface area contributed by atoms with Crippen molar-refractivity contribution in [3.63, 3.8) is 0 Å². The third-order valence-corrected chi connectivity index (χ3v) is 3.87. The van der Waals surface area contributed by atoms with Gasteiger partial charge < -0.3 is 5.32 Å². The Kier molecular flexibility index (Phi) is 5.08. The van der Waals surface area contributed by atoms with Crippen LogP contribution in [0.1, 0.15) is 32.3 Å². The lowest BCUT2D eigenvalue weighted by molar-refractivity contribution is -0.116. The lowest BCUT2D eigenvalue weighted by atomic mass is 10.1. The second kappa shape index (κ2) is 6.16. The van der Waals surface area contributed by atoms with Crippen molar-refractivity contribution in [1.82, 2.24) is 0 Å². The predicted octanol–water partition coefficient (Wildman–Crippen LogP) is 2.02. The molecule has 5 nitrogen and oxygen atoms in total. The summed E-state index contributed by atoms with van der Waals surface area (Å²) in [5, 5.41) is 7.83. The molecule has 1 rings (SSSR count). The minimum absolute atomic E-state index is 0.0363. The lowest BCUT2D eigenvalue weighted by Gasteiger charge is -2.11. The van der Waals surface area contributed by atoms with E-state index in [1.165, 1.54) is 6.07 Å². The molecule has 0 bridgehead atoms. The Morgan fingerprint density at radius 3 is 2.53 bits per heavy atom. The van der Waals surface area contributed by atoms with Crippen LogP contribution >= 0.6 is 0 Å². The molecule has 0 aliphatic carbocycles. The van der Waals surface area contributed by atoms with Gasteiger partial charge in [0.2, 0.25) is 15.9 Å². The van der Waals surface area contributed by atoms with Crippen molar-refractivity contribution >= 4 is 21.6 Å². The number of carbonyl (C=O) groups is 1. The second-order valence-electron chi connectivity index (χ2n) is 4.95. The van der Waals surface area contributed by atoms with Gasteiger partial charge in [0.05, 0.1) is 4.90 Å². The Morgan fingerprint density at radius 2 is 2.00 bits per heavy atom. The first-order valence-corrected chi connectivity index (χ1v) is 7.68. The summed E-state index contributed by atoms with van der Waals surface area (Å²) in [5.41, 5.74) is 0.947. The molecule has 0 saturated heterocycles. The van der Waals surface area contributed by atoms with Crippen molar-refractivity contribution in [2.24, 2.45) is 11.1 Å². The highest BCUT2D eigenvalue weighted by Crippen LogP contribution is 2.22. The molecule has 19 heavy (non-hydrogen) atoms. The van der Waals surface area contributed by atoms with Crippen LogP contribution in [0.25, 0.3) is 0 Å². The molecule has 0 saturated carbocycles. The van der Waals surface area contributed by atoms with E-state index in [-0.39, 0.29) is 10.8 Å². The number of hydrogen-bond donors (Lipinski definition) is 2. The van der Waals surface area contributed by atoms with E-state index in [1.807, 2.05) is 13.8 Å². The normalized spacial score (nSPS) is 11.6. The summed E-state index contributed by atoms with van der Waals surface area (Å²) in [4.78, 5) is 11.8. The van der Waals surface area contributed by atoms with Crippen molar-refractivity contribution in [3.05, 3.63) is 23.8 Å². The topological polar surface area (TPSA) is 89.3 Å². The molecule has 1 amide bonds. The smallest absolute Gasteiger partial charge is 0.238 e. The Morgan fingerprint density at radius 1 is 1.37 bits per heavy atom. The second-order valence-corrected chi connectivity index (χ2v) is 6.48. The van der Waals surface area contributed by atoms with Crippen molar-refractivity contribution in [2.75, 3.05) is 5.32 Å². The zero-order valence-corrected chi connectivity index (χ0v) is 12.3. The largest absolute Gasteiger partial charge is 0.326 e. The Balaban J connectivity index is 2.89. The molecule has 1 aromatic carbocycles. The van der Waals surface area contributed by atoms with Crippen LogP contribution in [0.15, 0.2) is 23.1 Å². The first-order chi connectivity index (χ1) is 8.71. The number of carbonyl (C=O) groups excluding carboxylic acids is 1. The fourth-order valence-corrected chi connectivity index (χ4v) is 2.50. The molecule has 0 atom stereocenters. The van der Waals surface area contributed by atoms with Gasteiger partial charge in [-0.05, 0) is 37.0 Å². The number of rotatable bonds is 5. The third-order valence-electron chi connectivity index (χ3n) is 2.81. The Bertz CT molecular complexity index is 565. The molecule has 3 N–H and O–H groups in total. The zero-order chi connectivity index (χ0) is 14.6. The number of benzene rings is 1. The van der Waals surface area contributed by atoms with E-state index in [9.17, 15) is 13.2 Å². The number of amides is 1. The van der Waals surface area contributed by atoms with Gasteiger partial charge in [-0.15, -0.1) is 0 Å². The molecule has 0 aliphatic rings. The van der Waals surface area contributed by atoms with Gasteiger partial charge in [-0.3, -0.25) is 4.79 Å². The average molecular weight is 284 g/mol. The minimum Gasteiger partial charge on any atom is -0.326 e. The number of anilines is 1. The van der Waals surface area contributed by atoms with Crippen LogP contribution in [0, 0.1) is 12.8 Å². The first kappa shape index (κ1) is 15.7. The van der Waals surface area contributed by atoms with Gasteiger partial charge in [0.15, 0.2) is 0 Å². The highest BCUT2D eigenvalue weighted by atomic mass is 32.2. The number of nitrogens with two attached hydrogens (primary N) is 1. The van der Waals surface area contributed by atoms with Gasteiger partial charge in [0.25, 0.3) is 0 Å². The summed E-state index contributed by atoms with van der Waals surface area (Å²) in [7, 11) is -3.77. The maximum absolute atomic E-state index is 11.7. The maximum Gasteiger partial charge on any atom is 0.238 e. The monoisotopic (exact) mass is 284 g/mol. The van der Waals surface area contributed by atoms with Gasteiger partial charge in [0, 0.05) is 12.1 Å². The van der Waals surface area contributed by atoms with Crippen LogP contribution in [-0.2, 0) is 14.8 Å². The van der Waals surface area contributed by atoms with E-state index in [0.29, 0.717) is 23.6 Å². The van der Waals surface area contributed by atoms with Crippen LogP contribution in [-0.4, -0.2) is 14.3 Å². The predicted molar refractivity (Wildman–Crippen MR) is 75.3 cm³/mol. The fourth-order valence-electron chi connectivity index (χ4n) is 1.69. The summed E-state index contributed by atoms with van der Waals surface area (Å²) < 4.78 is 22.7. The number of sulfonamides is 1. The van der Waals surface area contributed by atoms with E-state index in [2.05, 4.69) is 5.32 Å². The molecule has 0 heterocycles. The number of nitrogens with one attached hydrogen (secondary N) is 1. The van der Waals surface area contributed by atoms with Crippen LogP contribution in [0.5, 0.6) is 0 Å². The summed E-state index contributed by atoms with van der Waals surface area (Å²) in [6.45, 7) is 5.71. The van der Waals surface area contributed by atoms with Gasteiger partial charge in [0.1, 0.15) is 0 Å². The summed E-state index contributed by atoms with van der Waals surface area (Å²) in [5.74, 6) is 0.325. The molecule has 106 valence electrons. The molecule has 1 aromatic rings. The van der Waals surface area contributed by atoms with Crippen LogP contribution in [0.3, 0.4) is 0 Å². The minimum atomic E-state index is -3.77. The average Bonchev–Trinajstić information content (AvgIpc) is 2.27. The fraction of sp³-hybridized carbons (Fsp3) is 0.462. The molecule has 0 fully saturated rings. The molecular formula is C13H20N2O3S. The molecule has 0 aliphatic heterocycles. The zero-order valence-electron chi connectivity index (χ0n) is 11.4. The Labute approximate surface area is 114 Å². The van der Waals surface area contributed by atoms with Crippen molar-refractivity contribution < 1.29 is 13.2 Å². The lowest BCUT2D eigenvalue weighted by Crippen LogP contribution is -2.17. The Hall–Kier alpha value is -1.40. The third kappa shape index (κ3) is 4.65. The van der Waals surface area contributed by atoms with Crippen molar-refractivity contribution in [3.8, 4) is 0 Å². The van der Waals surface area contributed by atoms with Gasteiger partial charge in [-0.2, -0.15) is 0 Å². The summed E-state index contributed by atoms with van der Waals surface area (Å²) >= 11 is 0. The van der Waals surface area contributed by atoms with E-state index >= 15 is 0 Å². The molecule has 0 aromatic heterocycles. The van der Waals surface area contributed by atoms with Crippen molar-refractivity contribution in [2.45, 2.75) is 38.5 Å². The molecular weight excluding hydrogens is 264 g/mol. The molecule has 0 radical (unpaired) electrons. The molecule has 0 spiro atoms. The number of primary sulfonamides is 1. The van der Waals surface area contributed by atoms with Crippen LogP contribution in [0.4, 0.5) is 5.69 Å². The van der Waals surface area contributed by atoms with Crippen molar-refractivity contribution in [1.29, 1.82) is 0 Å². The van der Waals surface area contributed by atoms with Gasteiger partial charge in [-0.25, -0.2) is 13.6 Å². The molecule has 6 heteroatoms. The van der Waals surface area contributed by atoms with E-state index < -0.39 is 10.0 Å². The van der Waals surface area contributed by atoms with E-state index in [1.54, 1.807) is 19.1 Å². The van der Waals surface area contributed by atoms with Crippen LogP contribution < -0.4 is 10.5 Å². The number of hydrogen-bond acceptors (Lipinski definition) is 3. The first-order valence-electron chi connectivity index (χ1n) is 6.14.